The molecule has 10 heteroatoms. The number of sulfonamides is 1. The number of para-hydroxylation sites is 1. The highest BCUT2D eigenvalue weighted by Gasteiger charge is 2.34. The molecule has 0 aromatic heterocycles. The lowest BCUT2D eigenvalue weighted by atomic mass is 10.0. The van der Waals surface area contributed by atoms with Gasteiger partial charge in [0.2, 0.25) is 11.8 Å². The molecule has 0 radical (unpaired) electrons. The van der Waals surface area contributed by atoms with Crippen LogP contribution >= 0.6 is 0 Å². The van der Waals surface area contributed by atoms with Crippen LogP contribution in [0.3, 0.4) is 0 Å². The van der Waals surface area contributed by atoms with E-state index in [0.29, 0.717) is 17.9 Å². The SMILES string of the molecule is COc1ccc(S(=O)(=O)N(CC(=O)N(Cc2ccc(F)cc2)C(Cc2ccccc2)C(=O)NCC(C)C)c2ccccc2)cc1. The van der Waals surface area contributed by atoms with Gasteiger partial charge in [-0.05, 0) is 65.6 Å². The van der Waals surface area contributed by atoms with Crippen LogP contribution in [0.15, 0.2) is 114 Å². The molecular formula is C35H38FN3O5S. The van der Waals surface area contributed by atoms with E-state index < -0.39 is 34.3 Å². The number of benzene rings is 4. The van der Waals surface area contributed by atoms with Crippen LogP contribution in [0.2, 0.25) is 0 Å². The Bertz CT molecular complexity index is 1650. The van der Waals surface area contributed by atoms with Crippen molar-refractivity contribution >= 4 is 27.5 Å². The molecule has 0 saturated carbocycles. The van der Waals surface area contributed by atoms with E-state index in [0.717, 1.165) is 9.87 Å². The number of nitrogens with zero attached hydrogens (tertiary/aromatic N) is 2. The van der Waals surface area contributed by atoms with Crippen molar-refractivity contribution in [2.24, 2.45) is 5.92 Å². The summed E-state index contributed by atoms with van der Waals surface area (Å²) in [5.41, 5.74) is 1.70. The van der Waals surface area contributed by atoms with Gasteiger partial charge in [-0.2, -0.15) is 0 Å². The number of rotatable bonds is 14. The summed E-state index contributed by atoms with van der Waals surface area (Å²) in [4.78, 5) is 29.5. The molecular weight excluding hydrogens is 593 g/mol. The summed E-state index contributed by atoms with van der Waals surface area (Å²) in [5, 5.41) is 2.95. The van der Waals surface area contributed by atoms with Crippen molar-refractivity contribution < 1.29 is 27.1 Å². The summed E-state index contributed by atoms with van der Waals surface area (Å²) in [7, 11) is -2.75. The Morgan fingerprint density at radius 2 is 1.42 bits per heavy atom. The van der Waals surface area contributed by atoms with Crippen molar-refractivity contribution in [2.75, 3.05) is 24.5 Å². The molecule has 45 heavy (non-hydrogen) atoms. The second-order valence-corrected chi connectivity index (χ2v) is 12.9. The number of carbonyl (C=O) groups is 2. The summed E-state index contributed by atoms with van der Waals surface area (Å²) in [5.74, 6) is -0.755. The van der Waals surface area contributed by atoms with Gasteiger partial charge in [0.05, 0.1) is 17.7 Å². The molecule has 4 rings (SSSR count). The number of hydrogen-bond donors (Lipinski definition) is 1. The molecule has 0 spiro atoms. The summed E-state index contributed by atoms with van der Waals surface area (Å²) >= 11 is 0. The molecule has 2 amide bonds. The Morgan fingerprint density at radius 3 is 2.00 bits per heavy atom. The molecule has 4 aromatic carbocycles. The number of ether oxygens (including phenoxy) is 1. The average Bonchev–Trinajstić information content (AvgIpc) is 3.05. The van der Waals surface area contributed by atoms with E-state index in [1.165, 1.54) is 48.4 Å². The van der Waals surface area contributed by atoms with Gasteiger partial charge in [0, 0.05) is 19.5 Å². The van der Waals surface area contributed by atoms with Gasteiger partial charge in [0.1, 0.15) is 24.2 Å². The molecule has 0 heterocycles. The third kappa shape index (κ3) is 8.92. The van der Waals surface area contributed by atoms with Crippen molar-refractivity contribution in [1.82, 2.24) is 10.2 Å². The zero-order chi connectivity index (χ0) is 32.4. The zero-order valence-electron chi connectivity index (χ0n) is 25.6. The monoisotopic (exact) mass is 631 g/mol. The van der Waals surface area contributed by atoms with Gasteiger partial charge >= 0.3 is 0 Å². The predicted octanol–water partition coefficient (Wildman–Crippen LogP) is 5.44. The van der Waals surface area contributed by atoms with Gasteiger partial charge in [-0.15, -0.1) is 0 Å². The summed E-state index contributed by atoms with van der Waals surface area (Å²) < 4.78 is 48.1. The van der Waals surface area contributed by atoms with Gasteiger partial charge < -0.3 is 15.0 Å². The third-order valence-corrected chi connectivity index (χ3v) is 8.98. The van der Waals surface area contributed by atoms with E-state index in [9.17, 15) is 22.4 Å². The van der Waals surface area contributed by atoms with E-state index in [-0.39, 0.29) is 35.4 Å². The molecule has 8 nitrogen and oxygen atoms in total. The highest BCUT2D eigenvalue weighted by molar-refractivity contribution is 7.92. The maximum Gasteiger partial charge on any atom is 0.264 e. The fourth-order valence-electron chi connectivity index (χ4n) is 4.76. The highest BCUT2D eigenvalue weighted by Crippen LogP contribution is 2.26. The molecule has 0 saturated heterocycles. The fourth-order valence-corrected chi connectivity index (χ4v) is 6.18. The summed E-state index contributed by atoms with van der Waals surface area (Å²) in [6, 6.07) is 28.2. The summed E-state index contributed by atoms with van der Waals surface area (Å²) in [6.07, 6.45) is 0.189. The van der Waals surface area contributed by atoms with Crippen LogP contribution in [0.4, 0.5) is 10.1 Å². The molecule has 1 atom stereocenters. The number of carbonyl (C=O) groups excluding carboxylic acids is 2. The van der Waals surface area contributed by atoms with Crippen LogP contribution in [0.1, 0.15) is 25.0 Å². The fraction of sp³-hybridized carbons (Fsp3) is 0.257. The van der Waals surface area contributed by atoms with Crippen molar-refractivity contribution in [2.45, 2.75) is 37.8 Å². The zero-order valence-corrected chi connectivity index (χ0v) is 26.4. The van der Waals surface area contributed by atoms with Crippen LogP contribution < -0.4 is 14.4 Å². The molecule has 0 fully saturated rings. The van der Waals surface area contributed by atoms with Crippen LogP contribution in [-0.2, 0) is 32.6 Å². The Morgan fingerprint density at radius 1 is 0.822 bits per heavy atom. The van der Waals surface area contributed by atoms with Crippen molar-refractivity contribution in [3.05, 3.63) is 126 Å². The van der Waals surface area contributed by atoms with Crippen LogP contribution in [-0.4, -0.2) is 51.4 Å². The first-order valence-electron chi connectivity index (χ1n) is 14.7. The third-order valence-electron chi connectivity index (χ3n) is 7.19. The first kappa shape index (κ1) is 33.2. The van der Waals surface area contributed by atoms with Gasteiger partial charge in [0.15, 0.2) is 0 Å². The maximum atomic E-state index is 14.4. The van der Waals surface area contributed by atoms with Gasteiger partial charge in [-0.1, -0.05) is 74.5 Å². The molecule has 1 unspecified atom stereocenters. The Hall–Kier alpha value is -4.70. The van der Waals surface area contributed by atoms with E-state index in [2.05, 4.69) is 5.32 Å². The topological polar surface area (TPSA) is 96.0 Å². The quantitative estimate of drug-likeness (QED) is 0.200. The first-order chi connectivity index (χ1) is 21.6. The van der Waals surface area contributed by atoms with E-state index in [4.69, 9.17) is 4.74 Å². The molecule has 0 aliphatic carbocycles. The minimum absolute atomic E-state index is 0.0273. The van der Waals surface area contributed by atoms with Crippen molar-refractivity contribution in [3.8, 4) is 5.75 Å². The van der Waals surface area contributed by atoms with E-state index in [1.807, 2.05) is 44.2 Å². The van der Waals surface area contributed by atoms with Gasteiger partial charge in [-0.3, -0.25) is 13.9 Å². The number of methoxy groups -OCH3 is 1. The van der Waals surface area contributed by atoms with Crippen molar-refractivity contribution in [3.63, 3.8) is 0 Å². The highest BCUT2D eigenvalue weighted by atomic mass is 32.2. The second-order valence-electron chi connectivity index (χ2n) is 11.0. The smallest absolute Gasteiger partial charge is 0.264 e. The van der Waals surface area contributed by atoms with Gasteiger partial charge in [-0.25, -0.2) is 12.8 Å². The van der Waals surface area contributed by atoms with Gasteiger partial charge in [0.25, 0.3) is 10.0 Å². The van der Waals surface area contributed by atoms with Crippen LogP contribution in [0.5, 0.6) is 5.75 Å². The van der Waals surface area contributed by atoms with Crippen LogP contribution in [0.25, 0.3) is 0 Å². The second kappa shape index (κ2) is 15.3. The number of halogens is 1. The Balaban J connectivity index is 1.77. The standard InChI is InChI=1S/C35H38FN3O5S/c1-26(2)23-37-35(41)33(22-27-10-6-4-7-11-27)38(24-28-14-16-29(36)17-15-28)34(40)25-39(30-12-8-5-9-13-30)45(42,43)32-20-18-31(44-3)19-21-32/h4-21,26,33H,22-25H2,1-3H3,(H,37,41). The lowest BCUT2D eigenvalue weighted by Crippen LogP contribution is -2.53. The minimum Gasteiger partial charge on any atom is -0.497 e. The molecule has 1 N–H and O–H groups in total. The average molecular weight is 632 g/mol. The molecule has 0 bridgehead atoms. The van der Waals surface area contributed by atoms with E-state index in [1.54, 1.807) is 42.5 Å². The Labute approximate surface area is 264 Å². The maximum absolute atomic E-state index is 14.4. The number of anilines is 1. The predicted molar refractivity (Wildman–Crippen MR) is 173 cm³/mol. The number of amides is 2. The molecule has 0 aliphatic rings. The minimum atomic E-state index is -4.23. The molecule has 0 aliphatic heterocycles. The Kier molecular flexibility index (Phi) is 11.3. The van der Waals surface area contributed by atoms with Crippen molar-refractivity contribution in [1.29, 1.82) is 0 Å². The molecule has 4 aromatic rings. The van der Waals surface area contributed by atoms with E-state index >= 15 is 0 Å². The lowest BCUT2D eigenvalue weighted by molar-refractivity contribution is -0.140. The first-order valence-corrected chi connectivity index (χ1v) is 16.1. The largest absolute Gasteiger partial charge is 0.497 e. The summed E-state index contributed by atoms with van der Waals surface area (Å²) in [6.45, 7) is 3.70. The molecule has 236 valence electrons. The number of hydrogen-bond acceptors (Lipinski definition) is 5. The number of nitrogens with one attached hydrogen (secondary N) is 1. The lowest BCUT2D eigenvalue weighted by Gasteiger charge is -2.34. The normalized spacial score (nSPS) is 11.9. The van der Waals surface area contributed by atoms with Crippen LogP contribution in [0, 0.1) is 11.7 Å².